The lowest BCUT2D eigenvalue weighted by Crippen LogP contribution is -2.44. The summed E-state index contributed by atoms with van der Waals surface area (Å²) < 4.78 is 0. The van der Waals surface area contributed by atoms with Crippen LogP contribution in [0, 0.1) is 12.8 Å². The Morgan fingerprint density at radius 3 is 2.63 bits per heavy atom. The fraction of sp³-hybridized carbons (Fsp3) is 0.478. The number of benzene rings is 1. The second-order valence-corrected chi connectivity index (χ2v) is 8.01. The summed E-state index contributed by atoms with van der Waals surface area (Å²) in [6, 6.07) is 12.6. The minimum absolute atomic E-state index is 0.270. The number of fused-ring (bicyclic) bond motifs is 1. The molecule has 1 aliphatic heterocycles. The first-order chi connectivity index (χ1) is 13.2. The maximum absolute atomic E-state index is 13.0. The largest absolute Gasteiger partial charge is 0.349 e. The molecule has 1 saturated carbocycles. The number of aryl methyl sites for hydroxylation is 1. The van der Waals surface area contributed by atoms with Gasteiger partial charge in [0, 0.05) is 32.3 Å². The minimum atomic E-state index is 0.270. The second kappa shape index (κ2) is 8.12. The van der Waals surface area contributed by atoms with E-state index in [1.165, 1.54) is 43.2 Å². The van der Waals surface area contributed by atoms with Crippen molar-refractivity contribution in [3.8, 4) is 0 Å². The van der Waals surface area contributed by atoms with Crippen molar-refractivity contribution in [3.63, 3.8) is 0 Å². The van der Waals surface area contributed by atoms with Crippen LogP contribution in [0.15, 0.2) is 42.6 Å². The summed E-state index contributed by atoms with van der Waals surface area (Å²) in [5, 5.41) is 0. The highest BCUT2D eigenvalue weighted by molar-refractivity contribution is 5.97. The average Bonchev–Trinajstić information content (AvgIpc) is 2.70. The van der Waals surface area contributed by atoms with Crippen LogP contribution >= 0.6 is 0 Å². The first-order valence-electron chi connectivity index (χ1n) is 10.3. The van der Waals surface area contributed by atoms with Gasteiger partial charge in [0.15, 0.2) is 5.82 Å². The van der Waals surface area contributed by atoms with Crippen molar-refractivity contribution in [2.45, 2.75) is 52.0 Å². The van der Waals surface area contributed by atoms with Crippen LogP contribution in [0.25, 0.3) is 0 Å². The second-order valence-electron chi connectivity index (χ2n) is 8.01. The van der Waals surface area contributed by atoms with Gasteiger partial charge >= 0.3 is 0 Å². The summed E-state index contributed by atoms with van der Waals surface area (Å²) in [5.41, 5.74) is 3.52. The number of amides is 1. The van der Waals surface area contributed by atoms with Gasteiger partial charge in [0.25, 0.3) is 0 Å². The highest BCUT2D eigenvalue weighted by Gasteiger charge is 2.29. The first kappa shape index (κ1) is 18.0. The van der Waals surface area contributed by atoms with Crippen molar-refractivity contribution >= 4 is 17.4 Å². The Balaban J connectivity index is 1.50. The highest BCUT2D eigenvalue weighted by atomic mass is 16.2. The lowest BCUT2D eigenvalue weighted by molar-refractivity contribution is -0.119. The number of anilines is 2. The van der Waals surface area contributed by atoms with E-state index in [0.29, 0.717) is 12.3 Å². The van der Waals surface area contributed by atoms with Crippen LogP contribution in [0.1, 0.15) is 49.7 Å². The predicted molar refractivity (Wildman–Crippen MR) is 110 cm³/mol. The van der Waals surface area contributed by atoms with Crippen LogP contribution in [0.5, 0.6) is 0 Å². The van der Waals surface area contributed by atoms with Crippen molar-refractivity contribution in [2.24, 2.45) is 5.92 Å². The third kappa shape index (κ3) is 4.15. The van der Waals surface area contributed by atoms with Crippen molar-refractivity contribution in [1.29, 1.82) is 0 Å². The molecule has 0 radical (unpaired) electrons. The van der Waals surface area contributed by atoms with Crippen LogP contribution in [0.4, 0.5) is 11.5 Å². The summed E-state index contributed by atoms with van der Waals surface area (Å²) in [4.78, 5) is 21.9. The maximum atomic E-state index is 13.0. The molecule has 0 N–H and O–H groups in total. The van der Waals surface area contributed by atoms with Crippen LogP contribution in [-0.2, 0) is 11.3 Å². The molecule has 1 amide bonds. The van der Waals surface area contributed by atoms with Gasteiger partial charge in [-0.05, 0) is 43.4 Å². The molecule has 4 heteroatoms. The quantitative estimate of drug-likeness (QED) is 0.789. The van der Waals surface area contributed by atoms with Gasteiger partial charge in [0.1, 0.15) is 0 Å². The molecule has 0 bridgehead atoms. The van der Waals surface area contributed by atoms with Gasteiger partial charge in [-0.2, -0.15) is 0 Å². The third-order valence-electron chi connectivity index (χ3n) is 5.93. The van der Waals surface area contributed by atoms with Crippen molar-refractivity contribution < 1.29 is 4.79 Å². The molecule has 142 valence electrons. The zero-order valence-electron chi connectivity index (χ0n) is 16.2. The van der Waals surface area contributed by atoms with Crippen LogP contribution in [-0.4, -0.2) is 24.0 Å². The number of rotatable bonds is 4. The van der Waals surface area contributed by atoms with Crippen molar-refractivity contribution in [2.75, 3.05) is 22.9 Å². The van der Waals surface area contributed by atoms with E-state index in [4.69, 9.17) is 0 Å². The van der Waals surface area contributed by atoms with Crippen LogP contribution < -0.4 is 9.80 Å². The Hall–Kier alpha value is -2.36. The Kier molecular flexibility index (Phi) is 5.42. The molecule has 0 spiro atoms. The van der Waals surface area contributed by atoms with E-state index < -0.39 is 0 Å². The number of carbonyl (C=O) groups excluding carboxylic acids is 1. The maximum Gasteiger partial charge on any atom is 0.227 e. The van der Waals surface area contributed by atoms with Gasteiger partial charge in [-0.3, -0.25) is 4.79 Å². The molecule has 4 rings (SSSR count). The van der Waals surface area contributed by atoms with E-state index in [1.54, 1.807) is 0 Å². The molecule has 4 nitrogen and oxygen atoms in total. The number of nitrogens with zero attached hydrogens (tertiary/aromatic N) is 3. The summed E-state index contributed by atoms with van der Waals surface area (Å²) in [5.74, 6) is 1.77. The molecular formula is C23H29N3O. The lowest BCUT2D eigenvalue weighted by Gasteiger charge is -2.37. The Bertz CT molecular complexity index is 780. The van der Waals surface area contributed by atoms with E-state index in [9.17, 15) is 4.79 Å². The fourth-order valence-corrected chi connectivity index (χ4v) is 4.37. The smallest absolute Gasteiger partial charge is 0.227 e. The zero-order chi connectivity index (χ0) is 18.6. The van der Waals surface area contributed by atoms with Gasteiger partial charge in [0.05, 0.1) is 5.69 Å². The molecule has 0 unspecified atom stereocenters. The van der Waals surface area contributed by atoms with Crippen LogP contribution in [0.2, 0.25) is 0 Å². The predicted octanol–water partition coefficient (Wildman–Crippen LogP) is 4.71. The molecule has 2 aliphatic rings. The van der Waals surface area contributed by atoms with Crippen LogP contribution in [0.3, 0.4) is 0 Å². The number of aromatic nitrogens is 1. The van der Waals surface area contributed by atoms with Gasteiger partial charge in [-0.1, -0.05) is 49.1 Å². The summed E-state index contributed by atoms with van der Waals surface area (Å²) in [6.07, 6.45) is 8.82. The third-order valence-corrected chi connectivity index (χ3v) is 5.93. The monoisotopic (exact) mass is 363 g/mol. The van der Waals surface area contributed by atoms with E-state index >= 15 is 0 Å². The SMILES string of the molecule is Cc1ccc(CN2CCN(C(=O)CC3CCCCC3)c3cccnc32)cc1. The van der Waals surface area contributed by atoms with Gasteiger partial charge in [-0.25, -0.2) is 4.98 Å². The average molecular weight is 364 g/mol. The zero-order valence-corrected chi connectivity index (χ0v) is 16.2. The fourth-order valence-electron chi connectivity index (χ4n) is 4.37. The van der Waals surface area contributed by atoms with Crippen molar-refractivity contribution in [3.05, 3.63) is 53.7 Å². The number of hydrogen-bond acceptors (Lipinski definition) is 3. The molecule has 27 heavy (non-hydrogen) atoms. The molecule has 2 aromatic rings. The molecular weight excluding hydrogens is 334 g/mol. The lowest BCUT2D eigenvalue weighted by atomic mass is 9.86. The van der Waals surface area contributed by atoms with E-state index in [2.05, 4.69) is 41.1 Å². The Morgan fingerprint density at radius 2 is 1.85 bits per heavy atom. The molecule has 0 saturated heterocycles. The normalized spacial score (nSPS) is 17.7. The molecule has 1 aromatic carbocycles. The minimum Gasteiger partial charge on any atom is -0.349 e. The van der Waals surface area contributed by atoms with Gasteiger partial charge < -0.3 is 9.80 Å². The summed E-state index contributed by atoms with van der Waals surface area (Å²) >= 11 is 0. The summed E-state index contributed by atoms with van der Waals surface area (Å²) in [6.45, 7) is 4.51. The number of hydrogen-bond donors (Lipinski definition) is 0. The standard InChI is InChI=1S/C23H29N3O/c1-18-9-11-20(12-10-18)17-25-14-15-26(21-8-5-13-24-23(21)25)22(27)16-19-6-3-2-4-7-19/h5,8-13,19H,2-4,6-7,14-17H2,1H3. The first-order valence-corrected chi connectivity index (χ1v) is 10.3. The summed E-state index contributed by atoms with van der Waals surface area (Å²) in [7, 11) is 0. The number of carbonyl (C=O) groups is 1. The Morgan fingerprint density at radius 1 is 1.07 bits per heavy atom. The van der Waals surface area contributed by atoms with E-state index in [1.807, 2.05) is 23.2 Å². The molecule has 2 heterocycles. The molecule has 1 fully saturated rings. The van der Waals surface area contributed by atoms with Gasteiger partial charge in [0.2, 0.25) is 5.91 Å². The highest BCUT2D eigenvalue weighted by Crippen LogP contribution is 2.34. The Labute approximate surface area is 162 Å². The topological polar surface area (TPSA) is 36.4 Å². The van der Waals surface area contributed by atoms with Crippen molar-refractivity contribution in [1.82, 2.24) is 4.98 Å². The van der Waals surface area contributed by atoms with E-state index in [-0.39, 0.29) is 5.91 Å². The molecule has 1 aliphatic carbocycles. The molecule has 0 atom stereocenters. The molecule has 1 aromatic heterocycles. The van der Waals surface area contributed by atoms with E-state index in [0.717, 1.165) is 31.1 Å². The number of pyridine rings is 1. The van der Waals surface area contributed by atoms with Gasteiger partial charge in [-0.15, -0.1) is 0 Å².